The lowest BCUT2D eigenvalue weighted by Crippen LogP contribution is -1.98. The second-order valence-electron chi connectivity index (χ2n) is 5.27. The standard InChI is InChI=1S/C14H14N6S2/c1-7-5-11(21-9(7)3)13-18-20-12(15-16-14(20)22-13)10-6-8(2)17-19(10)4/h5-6H,1-4H3. The van der Waals surface area contributed by atoms with Crippen molar-refractivity contribution in [2.75, 3.05) is 0 Å². The van der Waals surface area contributed by atoms with Crippen molar-refractivity contribution in [3.8, 4) is 21.4 Å². The van der Waals surface area contributed by atoms with Crippen molar-refractivity contribution in [1.29, 1.82) is 0 Å². The highest BCUT2D eigenvalue weighted by Gasteiger charge is 2.18. The average Bonchev–Trinajstić information content (AvgIpc) is 3.16. The molecule has 0 amide bonds. The lowest BCUT2D eigenvalue weighted by Gasteiger charge is -1.96. The van der Waals surface area contributed by atoms with Crippen LogP contribution >= 0.6 is 22.7 Å². The molecule has 0 spiro atoms. The number of thiophene rings is 1. The Morgan fingerprint density at radius 2 is 1.82 bits per heavy atom. The minimum atomic E-state index is 0.727. The minimum absolute atomic E-state index is 0.727. The lowest BCUT2D eigenvalue weighted by atomic mass is 10.3. The quantitative estimate of drug-likeness (QED) is 0.566. The normalized spacial score (nSPS) is 11.6. The van der Waals surface area contributed by atoms with Crippen LogP contribution in [0, 0.1) is 20.8 Å². The Hall–Kier alpha value is -2.06. The van der Waals surface area contributed by atoms with Gasteiger partial charge in [0, 0.05) is 11.9 Å². The van der Waals surface area contributed by atoms with Crippen molar-refractivity contribution in [3.63, 3.8) is 0 Å². The second-order valence-corrected chi connectivity index (χ2v) is 7.48. The maximum Gasteiger partial charge on any atom is 0.235 e. The van der Waals surface area contributed by atoms with E-state index in [-0.39, 0.29) is 0 Å². The summed E-state index contributed by atoms with van der Waals surface area (Å²) in [5.74, 6) is 0.727. The number of aromatic nitrogens is 6. The molecule has 8 heteroatoms. The van der Waals surface area contributed by atoms with Gasteiger partial charge in [0.2, 0.25) is 10.8 Å². The van der Waals surface area contributed by atoms with E-state index in [1.54, 1.807) is 27.2 Å². The Labute approximate surface area is 135 Å². The molecular weight excluding hydrogens is 316 g/mol. The van der Waals surface area contributed by atoms with Gasteiger partial charge in [-0.15, -0.1) is 21.5 Å². The van der Waals surface area contributed by atoms with Crippen LogP contribution in [0.1, 0.15) is 16.1 Å². The Morgan fingerprint density at radius 3 is 2.45 bits per heavy atom. The topological polar surface area (TPSA) is 60.9 Å². The summed E-state index contributed by atoms with van der Waals surface area (Å²) >= 11 is 3.32. The van der Waals surface area contributed by atoms with Crippen LogP contribution in [0.5, 0.6) is 0 Å². The summed E-state index contributed by atoms with van der Waals surface area (Å²) < 4.78 is 3.62. The monoisotopic (exact) mass is 330 g/mol. The Morgan fingerprint density at radius 1 is 1.00 bits per heavy atom. The van der Waals surface area contributed by atoms with E-state index in [2.05, 4.69) is 35.2 Å². The van der Waals surface area contributed by atoms with E-state index in [1.165, 1.54) is 15.3 Å². The van der Waals surface area contributed by atoms with Gasteiger partial charge in [0.15, 0.2) is 5.01 Å². The number of hydrogen-bond acceptors (Lipinski definition) is 6. The molecule has 0 aliphatic rings. The molecule has 112 valence electrons. The highest BCUT2D eigenvalue weighted by atomic mass is 32.1. The van der Waals surface area contributed by atoms with Crippen molar-refractivity contribution in [1.82, 2.24) is 29.6 Å². The first-order valence-corrected chi connectivity index (χ1v) is 8.47. The first kappa shape index (κ1) is 13.6. The van der Waals surface area contributed by atoms with Crippen LogP contribution in [0.4, 0.5) is 0 Å². The number of hydrogen-bond donors (Lipinski definition) is 0. The van der Waals surface area contributed by atoms with E-state index in [1.807, 2.05) is 24.7 Å². The third-order valence-corrected chi connectivity index (χ3v) is 5.82. The summed E-state index contributed by atoms with van der Waals surface area (Å²) in [6.45, 7) is 6.22. The predicted molar refractivity (Wildman–Crippen MR) is 88.4 cm³/mol. The lowest BCUT2D eigenvalue weighted by molar-refractivity contribution is 0.754. The Bertz CT molecular complexity index is 967. The van der Waals surface area contributed by atoms with E-state index in [4.69, 9.17) is 5.10 Å². The molecular formula is C14H14N6S2. The van der Waals surface area contributed by atoms with Gasteiger partial charge in [0.25, 0.3) is 0 Å². The minimum Gasteiger partial charge on any atom is -0.264 e. The molecule has 4 aromatic heterocycles. The number of rotatable bonds is 2. The van der Waals surface area contributed by atoms with E-state index in [0.29, 0.717) is 0 Å². The van der Waals surface area contributed by atoms with E-state index in [0.717, 1.165) is 27.2 Å². The summed E-state index contributed by atoms with van der Waals surface area (Å²) in [6.07, 6.45) is 0. The van der Waals surface area contributed by atoms with Crippen molar-refractivity contribution in [2.24, 2.45) is 7.05 Å². The van der Waals surface area contributed by atoms with Crippen LogP contribution in [-0.2, 0) is 7.05 Å². The molecule has 0 atom stereocenters. The van der Waals surface area contributed by atoms with Crippen molar-refractivity contribution in [2.45, 2.75) is 20.8 Å². The largest absolute Gasteiger partial charge is 0.264 e. The second kappa shape index (κ2) is 4.72. The molecule has 22 heavy (non-hydrogen) atoms. The molecule has 0 saturated heterocycles. The predicted octanol–water partition coefficient (Wildman–Crippen LogP) is 3.24. The molecule has 0 aromatic carbocycles. The van der Waals surface area contributed by atoms with E-state index < -0.39 is 0 Å². The molecule has 0 fully saturated rings. The zero-order valence-corrected chi connectivity index (χ0v) is 14.3. The summed E-state index contributed by atoms with van der Waals surface area (Å²) in [5.41, 5.74) is 3.17. The van der Waals surface area contributed by atoms with Crippen molar-refractivity contribution < 1.29 is 0 Å². The highest BCUT2D eigenvalue weighted by molar-refractivity contribution is 7.24. The summed E-state index contributed by atoms with van der Waals surface area (Å²) in [7, 11) is 1.91. The summed E-state index contributed by atoms with van der Waals surface area (Å²) in [5, 5.41) is 18.6. The van der Waals surface area contributed by atoms with Crippen LogP contribution in [0.2, 0.25) is 0 Å². The van der Waals surface area contributed by atoms with Gasteiger partial charge < -0.3 is 0 Å². The zero-order chi connectivity index (χ0) is 15.4. The van der Waals surface area contributed by atoms with Crippen LogP contribution in [-0.4, -0.2) is 29.6 Å². The van der Waals surface area contributed by atoms with Crippen molar-refractivity contribution in [3.05, 3.63) is 28.3 Å². The molecule has 6 nitrogen and oxygen atoms in total. The molecule has 0 bridgehead atoms. The van der Waals surface area contributed by atoms with Crippen LogP contribution in [0.15, 0.2) is 12.1 Å². The third kappa shape index (κ3) is 1.98. The number of fused-ring (bicyclic) bond motifs is 1. The average molecular weight is 330 g/mol. The van der Waals surface area contributed by atoms with Gasteiger partial charge in [0.05, 0.1) is 10.6 Å². The zero-order valence-electron chi connectivity index (χ0n) is 12.7. The van der Waals surface area contributed by atoms with Gasteiger partial charge in [-0.25, -0.2) is 0 Å². The SMILES string of the molecule is Cc1cc(-c2nnc3sc(-c4cc(C)c(C)s4)nn23)n(C)n1. The van der Waals surface area contributed by atoms with Crippen LogP contribution in [0.25, 0.3) is 26.4 Å². The molecule has 4 heterocycles. The first-order chi connectivity index (χ1) is 10.5. The fourth-order valence-electron chi connectivity index (χ4n) is 2.37. The van der Waals surface area contributed by atoms with Crippen LogP contribution < -0.4 is 0 Å². The molecule has 0 unspecified atom stereocenters. The Kier molecular flexibility index (Phi) is 2.92. The number of aryl methyl sites for hydroxylation is 4. The van der Waals surface area contributed by atoms with Crippen molar-refractivity contribution >= 4 is 27.6 Å². The third-order valence-electron chi connectivity index (χ3n) is 3.60. The van der Waals surface area contributed by atoms with Crippen LogP contribution in [0.3, 0.4) is 0 Å². The smallest absolute Gasteiger partial charge is 0.235 e. The van der Waals surface area contributed by atoms with Gasteiger partial charge in [0.1, 0.15) is 5.69 Å². The molecule has 0 aliphatic heterocycles. The van der Waals surface area contributed by atoms with Gasteiger partial charge in [-0.2, -0.15) is 14.7 Å². The fraction of sp³-hybridized carbons (Fsp3) is 0.286. The number of nitrogens with zero attached hydrogens (tertiary/aromatic N) is 6. The highest BCUT2D eigenvalue weighted by Crippen LogP contribution is 2.34. The molecule has 0 saturated carbocycles. The van der Waals surface area contributed by atoms with Gasteiger partial charge in [-0.3, -0.25) is 4.68 Å². The maximum atomic E-state index is 4.70. The molecule has 0 N–H and O–H groups in total. The summed E-state index contributed by atoms with van der Waals surface area (Å²) in [4.78, 5) is 3.30. The van der Waals surface area contributed by atoms with E-state index in [9.17, 15) is 0 Å². The van der Waals surface area contributed by atoms with Gasteiger partial charge in [-0.05, 0) is 38.5 Å². The fourth-order valence-corrected chi connectivity index (χ4v) is 4.29. The molecule has 4 rings (SSSR count). The molecule has 0 aliphatic carbocycles. The van der Waals surface area contributed by atoms with Gasteiger partial charge in [-0.1, -0.05) is 11.3 Å². The molecule has 0 radical (unpaired) electrons. The first-order valence-electron chi connectivity index (χ1n) is 6.83. The maximum absolute atomic E-state index is 4.70. The summed E-state index contributed by atoms with van der Waals surface area (Å²) in [6, 6.07) is 4.18. The van der Waals surface area contributed by atoms with E-state index >= 15 is 0 Å². The molecule has 4 aromatic rings. The van der Waals surface area contributed by atoms with Gasteiger partial charge >= 0.3 is 0 Å². The Balaban J connectivity index is 1.87.